The number of aromatic nitrogens is 1. The van der Waals surface area contributed by atoms with Crippen molar-refractivity contribution in [3.63, 3.8) is 0 Å². The molecule has 0 bridgehead atoms. The zero-order valence-corrected chi connectivity index (χ0v) is 17.4. The largest absolute Gasteiger partial charge is 0.497 e. The van der Waals surface area contributed by atoms with Crippen LogP contribution in [0.5, 0.6) is 5.75 Å². The van der Waals surface area contributed by atoms with Gasteiger partial charge in [-0.25, -0.2) is 0 Å². The number of H-pyrrole nitrogens is 1. The van der Waals surface area contributed by atoms with Gasteiger partial charge in [-0.2, -0.15) is 0 Å². The van der Waals surface area contributed by atoms with Gasteiger partial charge in [0.1, 0.15) is 5.75 Å². The number of anilines is 1. The summed E-state index contributed by atoms with van der Waals surface area (Å²) in [6.45, 7) is 3.40. The highest BCUT2D eigenvalue weighted by Crippen LogP contribution is 2.18. The first-order valence-electron chi connectivity index (χ1n) is 10.1. The lowest BCUT2D eigenvalue weighted by Gasteiger charge is -2.19. The SMILES string of the molecule is CCN(CC(=O)NCCc1c[nH]c2ccccc12)CC(=O)Nc1cccc(OC)c1. The topological polar surface area (TPSA) is 86.5 Å². The fourth-order valence-corrected chi connectivity index (χ4v) is 3.32. The second-order valence-electron chi connectivity index (χ2n) is 7.04. The minimum Gasteiger partial charge on any atom is -0.497 e. The van der Waals surface area contributed by atoms with Crippen molar-refractivity contribution in [2.24, 2.45) is 0 Å². The number of hydrogen-bond donors (Lipinski definition) is 3. The zero-order valence-electron chi connectivity index (χ0n) is 17.4. The summed E-state index contributed by atoms with van der Waals surface area (Å²) < 4.78 is 5.16. The Bertz CT molecular complexity index is 999. The van der Waals surface area contributed by atoms with Crippen molar-refractivity contribution in [2.45, 2.75) is 13.3 Å². The number of benzene rings is 2. The number of likely N-dealkylation sites (N-methyl/N-ethyl adjacent to an activating group) is 1. The molecule has 2 aromatic carbocycles. The molecule has 0 aliphatic heterocycles. The summed E-state index contributed by atoms with van der Waals surface area (Å²) in [5.41, 5.74) is 2.94. The number of rotatable bonds is 10. The lowest BCUT2D eigenvalue weighted by Crippen LogP contribution is -2.41. The maximum atomic E-state index is 12.3. The summed E-state index contributed by atoms with van der Waals surface area (Å²) >= 11 is 0. The molecule has 3 N–H and O–H groups in total. The van der Waals surface area contributed by atoms with Gasteiger partial charge in [-0.1, -0.05) is 31.2 Å². The average Bonchev–Trinajstić information content (AvgIpc) is 3.16. The van der Waals surface area contributed by atoms with Gasteiger partial charge in [-0.05, 0) is 36.7 Å². The lowest BCUT2D eigenvalue weighted by molar-refractivity contribution is -0.123. The highest BCUT2D eigenvalue weighted by Gasteiger charge is 2.13. The number of nitrogens with one attached hydrogen (secondary N) is 3. The minimum atomic E-state index is -0.170. The molecule has 0 spiro atoms. The van der Waals surface area contributed by atoms with Gasteiger partial charge in [0.15, 0.2) is 0 Å². The van der Waals surface area contributed by atoms with Crippen molar-refractivity contribution < 1.29 is 14.3 Å². The molecule has 0 unspecified atom stereocenters. The van der Waals surface area contributed by atoms with Crippen LogP contribution in [0.4, 0.5) is 5.69 Å². The minimum absolute atomic E-state index is 0.0918. The number of hydrogen-bond acceptors (Lipinski definition) is 4. The van der Waals surface area contributed by atoms with Crippen LogP contribution in [0, 0.1) is 0 Å². The van der Waals surface area contributed by atoms with Gasteiger partial charge in [-0.3, -0.25) is 14.5 Å². The molecule has 30 heavy (non-hydrogen) atoms. The number of methoxy groups -OCH3 is 1. The maximum absolute atomic E-state index is 12.3. The Labute approximate surface area is 176 Å². The molecular weight excluding hydrogens is 380 g/mol. The summed E-state index contributed by atoms with van der Waals surface area (Å²) in [7, 11) is 1.58. The van der Waals surface area contributed by atoms with Gasteiger partial charge in [-0.15, -0.1) is 0 Å². The van der Waals surface area contributed by atoms with Crippen LogP contribution in [0.3, 0.4) is 0 Å². The van der Waals surface area contributed by atoms with Crippen molar-refractivity contribution >= 4 is 28.4 Å². The maximum Gasteiger partial charge on any atom is 0.238 e. The zero-order chi connectivity index (χ0) is 21.3. The first kappa shape index (κ1) is 21.4. The first-order chi connectivity index (χ1) is 14.6. The molecule has 0 saturated heterocycles. The molecule has 1 heterocycles. The smallest absolute Gasteiger partial charge is 0.238 e. The van der Waals surface area contributed by atoms with Crippen molar-refractivity contribution in [1.29, 1.82) is 0 Å². The number of para-hydroxylation sites is 1. The van der Waals surface area contributed by atoms with Crippen LogP contribution in [-0.2, 0) is 16.0 Å². The molecule has 0 aliphatic rings. The van der Waals surface area contributed by atoms with Crippen molar-refractivity contribution in [1.82, 2.24) is 15.2 Å². The number of ether oxygens (including phenoxy) is 1. The van der Waals surface area contributed by atoms with E-state index >= 15 is 0 Å². The summed E-state index contributed by atoms with van der Waals surface area (Å²) in [4.78, 5) is 29.7. The van der Waals surface area contributed by atoms with Gasteiger partial charge >= 0.3 is 0 Å². The average molecular weight is 409 g/mol. The molecule has 0 radical (unpaired) electrons. The molecule has 0 atom stereocenters. The number of carbonyl (C=O) groups excluding carboxylic acids is 2. The van der Waals surface area contributed by atoms with Crippen molar-refractivity contribution in [3.05, 3.63) is 60.3 Å². The molecular formula is C23H28N4O3. The highest BCUT2D eigenvalue weighted by atomic mass is 16.5. The van der Waals surface area contributed by atoms with Crippen LogP contribution in [0.2, 0.25) is 0 Å². The van der Waals surface area contributed by atoms with Crippen molar-refractivity contribution in [2.75, 3.05) is 38.6 Å². The van der Waals surface area contributed by atoms with Crippen LogP contribution in [0.15, 0.2) is 54.7 Å². The fraction of sp³-hybridized carbons (Fsp3) is 0.304. The van der Waals surface area contributed by atoms with Crippen LogP contribution in [-0.4, -0.2) is 55.0 Å². The molecule has 0 fully saturated rings. The van der Waals surface area contributed by atoms with E-state index in [1.807, 2.05) is 43.5 Å². The predicted octanol–water partition coefficient (Wildman–Crippen LogP) is 2.80. The number of amides is 2. The van der Waals surface area contributed by atoms with Crippen molar-refractivity contribution in [3.8, 4) is 5.75 Å². The molecule has 0 saturated carbocycles. The molecule has 1 aromatic heterocycles. The monoisotopic (exact) mass is 408 g/mol. The molecule has 3 aromatic rings. The molecule has 158 valence electrons. The summed E-state index contributed by atoms with van der Waals surface area (Å²) in [6, 6.07) is 15.3. The van der Waals surface area contributed by atoms with Gasteiger partial charge in [0.05, 0.1) is 20.2 Å². The van der Waals surface area contributed by atoms with Gasteiger partial charge in [0, 0.05) is 35.4 Å². The van der Waals surface area contributed by atoms with Gasteiger partial charge in [0.2, 0.25) is 11.8 Å². The second kappa shape index (κ2) is 10.5. The number of fused-ring (bicyclic) bond motifs is 1. The normalized spacial score (nSPS) is 10.9. The highest BCUT2D eigenvalue weighted by molar-refractivity contribution is 5.92. The first-order valence-corrected chi connectivity index (χ1v) is 10.1. The van der Waals surface area contributed by atoms with E-state index in [0.29, 0.717) is 24.5 Å². The van der Waals surface area contributed by atoms with E-state index in [0.717, 1.165) is 11.9 Å². The Hall–Kier alpha value is -3.32. The summed E-state index contributed by atoms with van der Waals surface area (Å²) in [5.74, 6) is 0.414. The Morgan fingerprint density at radius 3 is 2.67 bits per heavy atom. The van der Waals surface area contributed by atoms with E-state index in [4.69, 9.17) is 4.74 Å². The Kier molecular flexibility index (Phi) is 7.45. The fourth-order valence-electron chi connectivity index (χ4n) is 3.32. The van der Waals surface area contributed by atoms with Gasteiger partial charge in [0.25, 0.3) is 0 Å². The van der Waals surface area contributed by atoms with E-state index in [-0.39, 0.29) is 24.9 Å². The third-order valence-corrected chi connectivity index (χ3v) is 4.93. The van der Waals surface area contributed by atoms with E-state index < -0.39 is 0 Å². The Morgan fingerprint density at radius 2 is 1.87 bits per heavy atom. The van der Waals surface area contributed by atoms with Gasteiger partial charge < -0.3 is 20.4 Å². The lowest BCUT2D eigenvalue weighted by atomic mass is 10.1. The third kappa shape index (κ3) is 5.84. The molecule has 2 amide bonds. The van der Waals surface area contributed by atoms with E-state index in [1.165, 1.54) is 10.9 Å². The van der Waals surface area contributed by atoms with E-state index in [9.17, 15) is 9.59 Å². The van der Waals surface area contributed by atoms with E-state index in [2.05, 4.69) is 21.7 Å². The molecule has 7 heteroatoms. The van der Waals surface area contributed by atoms with Crippen LogP contribution in [0.1, 0.15) is 12.5 Å². The van der Waals surface area contributed by atoms with Crippen LogP contribution < -0.4 is 15.4 Å². The summed E-state index contributed by atoms with van der Waals surface area (Å²) in [5, 5.41) is 6.96. The number of nitrogens with zero attached hydrogens (tertiary/aromatic N) is 1. The van der Waals surface area contributed by atoms with E-state index in [1.54, 1.807) is 24.1 Å². The molecule has 3 rings (SSSR count). The Balaban J connectivity index is 1.44. The number of carbonyl (C=O) groups is 2. The van der Waals surface area contributed by atoms with Crippen LogP contribution >= 0.6 is 0 Å². The molecule has 0 aliphatic carbocycles. The Morgan fingerprint density at radius 1 is 1.07 bits per heavy atom. The predicted molar refractivity (Wildman–Crippen MR) is 119 cm³/mol. The number of aromatic amines is 1. The standard InChI is InChI=1S/C23H28N4O3/c1-3-27(16-23(29)26-18-7-6-8-19(13-18)30-2)15-22(28)24-12-11-17-14-25-21-10-5-4-9-20(17)21/h4-10,13-14,25H,3,11-12,15-16H2,1-2H3,(H,24,28)(H,26,29). The second-order valence-corrected chi connectivity index (χ2v) is 7.04. The molecule has 7 nitrogen and oxygen atoms in total. The quantitative estimate of drug-likeness (QED) is 0.482. The third-order valence-electron chi connectivity index (χ3n) is 4.93. The summed E-state index contributed by atoms with van der Waals surface area (Å²) in [6.07, 6.45) is 2.73. The van der Waals surface area contributed by atoms with Crippen LogP contribution in [0.25, 0.3) is 10.9 Å².